The second-order valence-electron chi connectivity index (χ2n) is 8.53. The number of likely N-dealkylation sites (tertiary alicyclic amines) is 1. The number of aromatic nitrogens is 2. The summed E-state index contributed by atoms with van der Waals surface area (Å²) in [6, 6.07) is 16.4. The van der Waals surface area contributed by atoms with E-state index in [4.69, 9.17) is 11.6 Å². The van der Waals surface area contributed by atoms with Crippen molar-refractivity contribution in [3.8, 4) is 5.88 Å². The van der Waals surface area contributed by atoms with Crippen molar-refractivity contribution in [2.45, 2.75) is 32.0 Å². The molecule has 0 spiro atoms. The number of azo groups is 1. The van der Waals surface area contributed by atoms with Gasteiger partial charge in [0.1, 0.15) is 0 Å². The minimum absolute atomic E-state index is 0.0266. The highest BCUT2D eigenvalue weighted by Gasteiger charge is 2.27. The van der Waals surface area contributed by atoms with Crippen LogP contribution in [0.2, 0.25) is 5.02 Å². The topological polar surface area (TPSA) is 83.1 Å². The Kier molecular flexibility index (Phi) is 6.95. The summed E-state index contributed by atoms with van der Waals surface area (Å²) in [6.07, 6.45) is 6.95. The lowest BCUT2D eigenvalue weighted by atomic mass is 9.97. The lowest BCUT2D eigenvalue weighted by Gasteiger charge is -2.36. The van der Waals surface area contributed by atoms with E-state index in [9.17, 15) is 9.90 Å². The van der Waals surface area contributed by atoms with Crippen molar-refractivity contribution in [3.05, 3.63) is 87.6 Å². The van der Waals surface area contributed by atoms with Crippen LogP contribution in [0.1, 0.15) is 41.2 Å². The van der Waals surface area contributed by atoms with Gasteiger partial charge in [-0.1, -0.05) is 40.0 Å². The van der Waals surface area contributed by atoms with Gasteiger partial charge in [0.05, 0.1) is 12.2 Å². The van der Waals surface area contributed by atoms with E-state index >= 15 is 0 Å². The van der Waals surface area contributed by atoms with Crippen LogP contribution < -0.4 is 0 Å². The summed E-state index contributed by atoms with van der Waals surface area (Å²) in [5.74, 6) is -0.536. The highest BCUT2D eigenvalue weighted by atomic mass is 79.9. The molecule has 1 amide bonds. The SMILES string of the molecule is O=C(N=Nc1c(O)n(CN2CCCC[C@@H]2c2cccnc2)c2ccc(Br)cc12)c1ccc(Cl)cc1. The van der Waals surface area contributed by atoms with Gasteiger partial charge in [-0.2, -0.15) is 0 Å². The van der Waals surface area contributed by atoms with Crippen molar-refractivity contribution < 1.29 is 9.90 Å². The molecule has 0 radical (unpaired) electrons. The zero-order valence-corrected chi connectivity index (χ0v) is 21.2. The monoisotopic (exact) mass is 551 g/mol. The summed E-state index contributed by atoms with van der Waals surface area (Å²) in [4.78, 5) is 19.2. The van der Waals surface area contributed by atoms with Crippen LogP contribution in [-0.4, -0.2) is 32.0 Å². The van der Waals surface area contributed by atoms with Gasteiger partial charge in [-0.05, 0) is 66.9 Å². The van der Waals surface area contributed by atoms with E-state index in [1.165, 1.54) is 5.56 Å². The number of aromatic hydroxyl groups is 1. The number of hydrogen-bond donors (Lipinski definition) is 1. The molecule has 0 bridgehead atoms. The van der Waals surface area contributed by atoms with E-state index in [2.05, 4.69) is 42.1 Å². The highest BCUT2D eigenvalue weighted by Crippen LogP contribution is 2.41. The first-order valence-corrected chi connectivity index (χ1v) is 12.5. The van der Waals surface area contributed by atoms with Gasteiger partial charge in [0.25, 0.3) is 5.91 Å². The molecule has 0 aliphatic carbocycles. The Morgan fingerprint density at radius 1 is 1.17 bits per heavy atom. The fourth-order valence-corrected chi connectivity index (χ4v) is 5.06. The molecule has 1 N–H and O–H groups in total. The zero-order chi connectivity index (χ0) is 24.4. The molecule has 5 rings (SSSR count). The van der Waals surface area contributed by atoms with Gasteiger partial charge in [0, 0.05) is 45.4 Å². The first-order valence-electron chi connectivity index (χ1n) is 11.4. The second kappa shape index (κ2) is 10.3. The molecule has 4 aromatic rings. The van der Waals surface area contributed by atoms with Crippen molar-refractivity contribution >= 4 is 50.0 Å². The molecule has 178 valence electrons. The molecule has 1 fully saturated rings. The van der Waals surface area contributed by atoms with Gasteiger partial charge in [-0.15, -0.1) is 10.2 Å². The molecule has 3 heterocycles. The maximum absolute atomic E-state index is 12.6. The number of halogens is 2. The third-order valence-electron chi connectivity index (χ3n) is 6.31. The maximum Gasteiger partial charge on any atom is 0.295 e. The van der Waals surface area contributed by atoms with E-state index in [1.54, 1.807) is 30.5 Å². The normalized spacial score (nSPS) is 16.8. The van der Waals surface area contributed by atoms with Crippen molar-refractivity contribution in [2.24, 2.45) is 10.2 Å². The summed E-state index contributed by atoms with van der Waals surface area (Å²) in [5.41, 5.74) is 2.61. The van der Waals surface area contributed by atoms with Crippen LogP contribution in [0.15, 0.2) is 81.7 Å². The first-order chi connectivity index (χ1) is 17.0. The van der Waals surface area contributed by atoms with Crippen LogP contribution in [0.5, 0.6) is 5.88 Å². The molecule has 0 unspecified atom stereocenters. The molecule has 7 nitrogen and oxygen atoms in total. The number of benzene rings is 2. The first kappa shape index (κ1) is 23.7. The van der Waals surface area contributed by atoms with Crippen LogP contribution in [0.3, 0.4) is 0 Å². The van der Waals surface area contributed by atoms with Crippen LogP contribution in [0, 0.1) is 0 Å². The molecular formula is C26H23BrClN5O2. The number of fused-ring (bicyclic) bond motifs is 1. The van der Waals surface area contributed by atoms with Gasteiger partial charge >= 0.3 is 0 Å². The Bertz CT molecular complexity index is 1390. The van der Waals surface area contributed by atoms with E-state index < -0.39 is 5.91 Å². The van der Waals surface area contributed by atoms with Crippen LogP contribution in [0.25, 0.3) is 10.9 Å². The van der Waals surface area contributed by atoms with E-state index in [0.717, 1.165) is 35.8 Å². The zero-order valence-electron chi connectivity index (χ0n) is 18.8. The van der Waals surface area contributed by atoms with Crippen LogP contribution >= 0.6 is 27.5 Å². The number of piperidine rings is 1. The Balaban J connectivity index is 1.50. The standard InChI is InChI=1S/C26H23BrClN5O2/c27-19-8-11-23-21(14-19)24(30-31-25(34)17-6-9-20(28)10-7-17)26(35)33(23)16-32-13-2-1-5-22(32)18-4-3-12-29-15-18/h3-4,6-12,14-15,22,35H,1-2,5,13,16H2/t22-/m1/s1. The van der Waals surface area contributed by atoms with Crippen molar-refractivity contribution in [1.29, 1.82) is 0 Å². The van der Waals surface area contributed by atoms with Gasteiger partial charge in [0.15, 0.2) is 5.69 Å². The molecule has 0 saturated carbocycles. The second-order valence-corrected chi connectivity index (χ2v) is 9.88. The summed E-state index contributed by atoms with van der Waals surface area (Å²) in [6.45, 7) is 1.38. The summed E-state index contributed by atoms with van der Waals surface area (Å²) < 4.78 is 2.67. The number of carbonyl (C=O) groups is 1. The molecule has 35 heavy (non-hydrogen) atoms. The van der Waals surface area contributed by atoms with Gasteiger partial charge in [0.2, 0.25) is 5.88 Å². The molecular weight excluding hydrogens is 530 g/mol. The minimum Gasteiger partial charge on any atom is -0.493 e. The molecule has 1 aliphatic rings. The molecule has 2 aromatic carbocycles. The molecule has 2 aromatic heterocycles. The molecule has 1 atom stereocenters. The third-order valence-corrected chi connectivity index (χ3v) is 7.06. The van der Waals surface area contributed by atoms with Gasteiger partial charge in [-0.25, -0.2) is 0 Å². The average Bonchev–Trinajstić information content (AvgIpc) is 3.13. The Morgan fingerprint density at radius 3 is 2.77 bits per heavy atom. The number of pyridine rings is 1. The van der Waals surface area contributed by atoms with Gasteiger partial charge < -0.3 is 5.11 Å². The Hall–Kier alpha value is -3.07. The van der Waals surface area contributed by atoms with E-state index in [1.807, 2.05) is 35.0 Å². The quantitative estimate of drug-likeness (QED) is 0.264. The third kappa shape index (κ3) is 5.00. The van der Waals surface area contributed by atoms with Crippen LogP contribution in [0.4, 0.5) is 5.69 Å². The Morgan fingerprint density at radius 2 is 2.00 bits per heavy atom. The fourth-order valence-electron chi connectivity index (χ4n) is 4.58. The molecule has 1 saturated heterocycles. The smallest absolute Gasteiger partial charge is 0.295 e. The number of amides is 1. The maximum atomic E-state index is 12.6. The Labute approximate surface area is 216 Å². The number of carbonyl (C=O) groups excluding carboxylic acids is 1. The van der Waals surface area contributed by atoms with Crippen molar-refractivity contribution in [2.75, 3.05) is 6.54 Å². The molecule has 1 aliphatic heterocycles. The summed E-state index contributed by atoms with van der Waals surface area (Å²) in [5, 5.41) is 20.6. The highest BCUT2D eigenvalue weighted by molar-refractivity contribution is 9.10. The van der Waals surface area contributed by atoms with Crippen molar-refractivity contribution in [3.63, 3.8) is 0 Å². The number of rotatable bonds is 5. The van der Waals surface area contributed by atoms with E-state index in [0.29, 0.717) is 22.6 Å². The lowest BCUT2D eigenvalue weighted by molar-refractivity contribution is 0.0995. The fraction of sp³-hybridized carbons (Fsp3) is 0.231. The summed E-state index contributed by atoms with van der Waals surface area (Å²) in [7, 11) is 0. The molecule has 9 heteroatoms. The van der Waals surface area contributed by atoms with Gasteiger partial charge in [-0.3, -0.25) is 19.2 Å². The summed E-state index contributed by atoms with van der Waals surface area (Å²) >= 11 is 9.41. The van der Waals surface area contributed by atoms with Crippen LogP contribution in [-0.2, 0) is 6.67 Å². The minimum atomic E-state index is -0.510. The number of hydrogen-bond acceptors (Lipinski definition) is 5. The van der Waals surface area contributed by atoms with E-state index in [-0.39, 0.29) is 17.6 Å². The predicted molar refractivity (Wildman–Crippen MR) is 139 cm³/mol. The predicted octanol–water partition coefficient (Wildman–Crippen LogP) is 7.27. The number of nitrogens with zero attached hydrogens (tertiary/aromatic N) is 5. The van der Waals surface area contributed by atoms with Crippen molar-refractivity contribution in [1.82, 2.24) is 14.5 Å². The largest absolute Gasteiger partial charge is 0.493 e. The average molecular weight is 553 g/mol. The lowest BCUT2D eigenvalue weighted by Crippen LogP contribution is -2.34.